The van der Waals surface area contributed by atoms with Crippen molar-refractivity contribution in [1.82, 2.24) is 4.98 Å². The van der Waals surface area contributed by atoms with Crippen LogP contribution in [0.4, 0.5) is 34.1 Å². The first kappa shape index (κ1) is 35.0. The molecule has 0 atom stereocenters. The predicted octanol–water partition coefficient (Wildman–Crippen LogP) is 15.0. The van der Waals surface area contributed by atoms with Crippen LogP contribution < -0.4 is 9.80 Å². The molecule has 284 valence electrons. The van der Waals surface area contributed by atoms with Crippen LogP contribution in [0.15, 0.2) is 192 Å². The van der Waals surface area contributed by atoms with E-state index in [9.17, 15) is 0 Å². The lowest BCUT2D eigenvalue weighted by Gasteiger charge is -2.43. The summed E-state index contributed by atoms with van der Waals surface area (Å²) in [5.74, 6) is 0.573. The van der Waals surface area contributed by atoms with Gasteiger partial charge in [-0.2, -0.15) is 0 Å². The highest BCUT2D eigenvalue weighted by molar-refractivity contribution is 5.97. The average Bonchev–Trinajstić information content (AvgIpc) is 3.72. The standard InChI is InChI=1S/C55H43N3O/c1-54(2)43-23-11-15-27-47(43)57(48-28-16-12-24-44(48)54)40-31-39(32-41(35-40)58-49-29-17-13-25-45(49)55(3,4)46-26-14-18-30-50(46)58)53-56-52-42(37-21-9-6-10-22-37)33-38(34-51(52)59-53)36-19-7-5-8-20-36/h5-35H,1-4H3. The Morgan fingerprint density at radius 1 is 0.390 bits per heavy atom. The summed E-state index contributed by atoms with van der Waals surface area (Å²) in [6, 6.07) is 67.6. The highest BCUT2D eigenvalue weighted by atomic mass is 16.3. The van der Waals surface area contributed by atoms with E-state index < -0.39 is 0 Å². The van der Waals surface area contributed by atoms with Gasteiger partial charge < -0.3 is 14.2 Å². The molecule has 3 heterocycles. The number of fused-ring (bicyclic) bond motifs is 5. The number of anilines is 6. The maximum absolute atomic E-state index is 6.96. The van der Waals surface area contributed by atoms with Gasteiger partial charge in [0.05, 0.1) is 22.7 Å². The molecule has 4 heteroatoms. The van der Waals surface area contributed by atoms with Crippen molar-refractivity contribution in [3.8, 4) is 33.7 Å². The van der Waals surface area contributed by atoms with E-state index >= 15 is 0 Å². The van der Waals surface area contributed by atoms with Gasteiger partial charge >= 0.3 is 0 Å². The molecule has 0 N–H and O–H groups in total. The van der Waals surface area contributed by atoms with Crippen molar-refractivity contribution in [3.63, 3.8) is 0 Å². The van der Waals surface area contributed by atoms with Gasteiger partial charge in [0.2, 0.25) is 5.89 Å². The monoisotopic (exact) mass is 761 g/mol. The van der Waals surface area contributed by atoms with Gasteiger partial charge in [-0.25, -0.2) is 4.98 Å². The maximum atomic E-state index is 6.96. The van der Waals surface area contributed by atoms with E-state index in [2.05, 4.69) is 226 Å². The summed E-state index contributed by atoms with van der Waals surface area (Å²) in [6.07, 6.45) is 0. The van der Waals surface area contributed by atoms with Crippen LogP contribution in [0.25, 0.3) is 44.8 Å². The Hall–Kier alpha value is -7.17. The Balaban J connectivity index is 1.19. The molecule has 0 aliphatic carbocycles. The summed E-state index contributed by atoms with van der Waals surface area (Å²) in [4.78, 5) is 10.2. The number of nitrogens with zero attached hydrogens (tertiary/aromatic N) is 3. The minimum Gasteiger partial charge on any atom is -0.436 e. The van der Waals surface area contributed by atoms with Gasteiger partial charge in [-0.1, -0.05) is 161 Å². The van der Waals surface area contributed by atoms with Crippen LogP contribution in [0.3, 0.4) is 0 Å². The fourth-order valence-electron chi connectivity index (χ4n) is 9.66. The van der Waals surface area contributed by atoms with Crippen LogP contribution in [0.5, 0.6) is 0 Å². The molecule has 9 aromatic rings. The predicted molar refractivity (Wildman–Crippen MR) is 244 cm³/mol. The summed E-state index contributed by atoms with van der Waals surface area (Å²) in [6.45, 7) is 9.33. The molecule has 8 aromatic carbocycles. The fraction of sp³-hybridized carbons (Fsp3) is 0.109. The number of para-hydroxylation sites is 4. The summed E-state index contributed by atoms with van der Waals surface area (Å²) in [5.41, 5.74) is 18.3. The fourth-order valence-corrected chi connectivity index (χ4v) is 9.66. The Kier molecular flexibility index (Phi) is 7.83. The molecule has 11 rings (SSSR count). The van der Waals surface area contributed by atoms with Gasteiger partial charge in [-0.3, -0.25) is 0 Å². The van der Waals surface area contributed by atoms with E-state index in [0.717, 1.165) is 73.0 Å². The van der Waals surface area contributed by atoms with Gasteiger partial charge in [0, 0.05) is 33.3 Å². The number of hydrogen-bond acceptors (Lipinski definition) is 4. The van der Waals surface area contributed by atoms with Gasteiger partial charge in [0.25, 0.3) is 0 Å². The molecule has 0 fully saturated rings. The molecule has 1 aromatic heterocycles. The summed E-state index contributed by atoms with van der Waals surface area (Å²) in [7, 11) is 0. The zero-order valence-corrected chi connectivity index (χ0v) is 33.6. The molecule has 0 saturated heterocycles. The smallest absolute Gasteiger partial charge is 0.227 e. The van der Waals surface area contributed by atoms with Crippen molar-refractivity contribution in [3.05, 3.63) is 210 Å². The molecule has 4 nitrogen and oxygen atoms in total. The Morgan fingerprint density at radius 2 is 0.797 bits per heavy atom. The molecule has 2 aliphatic rings. The molecule has 0 bridgehead atoms. The second-order valence-corrected chi connectivity index (χ2v) is 16.8. The lowest BCUT2D eigenvalue weighted by atomic mass is 9.73. The second kappa shape index (κ2) is 13.2. The molecule has 0 radical (unpaired) electrons. The van der Waals surface area contributed by atoms with Gasteiger partial charge in [-0.05, 0) is 93.5 Å². The average molecular weight is 762 g/mol. The van der Waals surface area contributed by atoms with E-state index in [1.165, 1.54) is 22.3 Å². The molecular weight excluding hydrogens is 719 g/mol. The largest absolute Gasteiger partial charge is 0.436 e. The first-order valence-corrected chi connectivity index (χ1v) is 20.5. The van der Waals surface area contributed by atoms with Crippen molar-refractivity contribution < 1.29 is 4.42 Å². The third-order valence-electron chi connectivity index (χ3n) is 12.6. The van der Waals surface area contributed by atoms with Crippen LogP contribution in [-0.2, 0) is 10.8 Å². The van der Waals surface area contributed by atoms with Crippen molar-refractivity contribution in [2.75, 3.05) is 9.80 Å². The third-order valence-corrected chi connectivity index (χ3v) is 12.6. The zero-order valence-electron chi connectivity index (χ0n) is 33.6. The number of rotatable bonds is 5. The normalized spacial score (nSPS) is 14.6. The van der Waals surface area contributed by atoms with E-state index in [4.69, 9.17) is 9.40 Å². The van der Waals surface area contributed by atoms with Crippen LogP contribution in [0.2, 0.25) is 0 Å². The summed E-state index contributed by atoms with van der Waals surface area (Å²) < 4.78 is 6.96. The van der Waals surface area contributed by atoms with Crippen LogP contribution >= 0.6 is 0 Å². The summed E-state index contributed by atoms with van der Waals surface area (Å²) >= 11 is 0. The molecule has 2 aliphatic heterocycles. The quantitative estimate of drug-likeness (QED) is 0.175. The second-order valence-electron chi connectivity index (χ2n) is 16.8. The molecule has 0 saturated carbocycles. The highest BCUT2D eigenvalue weighted by Crippen LogP contribution is 2.55. The number of hydrogen-bond donors (Lipinski definition) is 0. The van der Waals surface area contributed by atoms with Crippen LogP contribution in [-0.4, -0.2) is 4.98 Å². The van der Waals surface area contributed by atoms with E-state index in [1.54, 1.807) is 0 Å². The molecule has 0 unspecified atom stereocenters. The molecule has 59 heavy (non-hydrogen) atoms. The zero-order chi connectivity index (χ0) is 39.9. The minimum atomic E-state index is -0.189. The third kappa shape index (κ3) is 5.47. The highest BCUT2D eigenvalue weighted by Gasteiger charge is 2.39. The van der Waals surface area contributed by atoms with Gasteiger partial charge in [-0.15, -0.1) is 0 Å². The molecule has 0 spiro atoms. The lowest BCUT2D eigenvalue weighted by Crippen LogP contribution is -2.31. The maximum Gasteiger partial charge on any atom is 0.227 e. The minimum absolute atomic E-state index is 0.189. The van der Waals surface area contributed by atoms with Crippen molar-refractivity contribution in [1.29, 1.82) is 0 Å². The Bertz CT molecular complexity index is 2840. The van der Waals surface area contributed by atoms with E-state index in [0.29, 0.717) is 5.89 Å². The number of aromatic nitrogens is 1. The first-order valence-electron chi connectivity index (χ1n) is 20.5. The Labute approximate surface area is 345 Å². The van der Waals surface area contributed by atoms with Crippen LogP contribution in [0.1, 0.15) is 49.9 Å². The van der Waals surface area contributed by atoms with Gasteiger partial charge in [0.15, 0.2) is 5.58 Å². The number of benzene rings is 8. The SMILES string of the molecule is CC1(C)c2ccccc2N(c2cc(-c3nc4c(-c5ccccc5)cc(-c5ccccc5)cc4o3)cc(N3c4ccccc4C(C)(C)c4ccccc43)c2)c2ccccc21. The van der Waals surface area contributed by atoms with E-state index in [1.807, 2.05) is 0 Å². The van der Waals surface area contributed by atoms with Crippen molar-refractivity contribution in [2.24, 2.45) is 0 Å². The molecule has 0 amide bonds. The Morgan fingerprint density at radius 3 is 1.25 bits per heavy atom. The number of oxazole rings is 1. The first-order chi connectivity index (χ1) is 28.8. The van der Waals surface area contributed by atoms with E-state index in [-0.39, 0.29) is 10.8 Å². The topological polar surface area (TPSA) is 32.5 Å². The molecular formula is C55H43N3O. The van der Waals surface area contributed by atoms with Crippen molar-refractivity contribution >= 4 is 45.2 Å². The van der Waals surface area contributed by atoms with Gasteiger partial charge in [0.1, 0.15) is 5.52 Å². The van der Waals surface area contributed by atoms with Crippen molar-refractivity contribution in [2.45, 2.75) is 38.5 Å². The summed E-state index contributed by atoms with van der Waals surface area (Å²) in [5, 5.41) is 0. The lowest BCUT2D eigenvalue weighted by molar-refractivity contribution is 0.619. The van der Waals surface area contributed by atoms with Crippen LogP contribution in [0, 0.1) is 0 Å².